The smallest absolute Gasteiger partial charge is 0.165 e. The number of ether oxygens (including phenoxy) is 2. The minimum absolute atomic E-state index is 0.106. The molecule has 0 fully saturated rings. The van der Waals surface area contributed by atoms with Crippen molar-refractivity contribution in [2.24, 2.45) is 0 Å². The van der Waals surface area contributed by atoms with Gasteiger partial charge in [-0.05, 0) is 12.1 Å². The Hall–Kier alpha value is -2.30. The van der Waals surface area contributed by atoms with Gasteiger partial charge in [0.05, 0.1) is 25.5 Å². The third kappa shape index (κ3) is 3.24. The van der Waals surface area contributed by atoms with E-state index in [1.807, 2.05) is 12.1 Å². The van der Waals surface area contributed by atoms with E-state index in [2.05, 4.69) is 30.7 Å². The van der Waals surface area contributed by atoms with Gasteiger partial charge in [-0.3, -0.25) is 0 Å². The first kappa shape index (κ1) is 15.1. The molecule has 2 rings (SSSR count). The molecular weight excluding hydrogens is 266 g/mol. The van der Waals surface area contributed by atoms with Crippen molar-refractivity contribution >= 4 is 5.82 Å². The zero-order valence-corrected chi connectivity index (χ0v) is 13.1. The van der Waals surface area contributed by atoms with Crippen molar-refractivity contribution in [2.75, 3.05) is 20.0 Å². The van der Waals surface area contributed by atoms with E-state index >= 15 is 0 Å². The zero-order chi connectivity index (χ0) is 15.6. The largest absolute Gasteiger partial charge is 0.497 e. The van der Waals surface area contributed by atoms with E-state index in [9.17, 15) is 0 Å². The van der Waals surface area contributed by atoms with Crippen LogP contribution in [-0.4, -0.2) is 24.2 Å². The summed E-state index contributed by atoms with van der Waals surface area (Å²) in [6, 6.07) is 7.33. The average Bonchev–Trinajstić information content (AvgIpc) is 2.45. The highest BCUT2D eigenvalue weighted by molar-refractivity contribution is 5.67. The van der Waals surface area contributed by atoms with E-state index < -0.39 is 0 Å². The van der Waals surface area contributed by atoms with Crippen LogP contribution in [0.4, 0.5) is 5.82 Å². The molecule has 0 aliphatic carbocycles. The van der Waals surface area contributed by atoms with Crippen molar-refractivity contribution < 1.29 is 9.47 Å². The number of hydrogen-bond acceptors (Lipinski definition) is 5. The van der Waals surface area contributed by atoms with Crippen molar-refractivity contribution in [3.05, 3.63) is 30.0 Å². The maximum atomic E-state index is 5.92. The number of hydrogen-bond donors (Lipinski definition) is 1. The fourth-order valence-corrected chi connectivity index (χ4v) is 1.95. The lowest BCUT2D eigenvalue weighted by Crippen LogP contribution is -2.15. The number of rotatable bonds is 3. The Morgan fingerprint density at radius 1 is 1.00 bits per heavy atom. The van der Waals surface area contributed by atoms with Crippen LogP contribution in [0.15, 0.2) is 24.3 Å². The van der Waals surface area contributed by atoms with E-state index in [-0.39, 0.29) is 5.41 Å². The van der Waals surface area contributed by atoms with Gasteiger partial charge >= 0.3 is 0 Å². The van der Waals surface area contributed by atoms with Crippen LogP contribution < -0.4 is 15.2 Å². The van der Waals surface area contributed by atoms with Gasteiger partial charge in [-0.15, -0.1) is 0 Å². The maximum Gasteiger partial charge on any atom is 0.165 e. The lowest BCUT2D eigenvalue weighted by molar-refractivity contribution is 0.395. The van der Waals surface area contributed by atoms with Crippen molar-refractivity contribution in [2.45, 2.75) is 26.2 Å². The molecule has 0 atom stereocenters. The van der Waals surface area contributed by atoms with Gasteiger partial charge in [-0.1, -0.05) is 20.8 Å². The normalized spacial score (nSPS) is 11.3. The quantitative estimate of drug-likeness (QED) is 0.939. The van der Waals surface area contributed by atoms with Crippen LogP contribution in [0.3, 0.4) is 0 Å². The van der Waals surface area contributed by atoms with Crippen molar-refractivity contribution in [1.82, 2.24) is 9.97 Å². The number of nitrogens with zero attached hydrogens (tertiary/aromatic N) is 2. The molecule has 0 unspecified atom stereocenters. The number of benzene rings is 1. The Morgan fingerprint density at radius 3 is 2.29 bits per heavy atom. The van der Waals surface area contributed by atoms with E-state index in [4.69, 9.17) is 15.2 Å². The standard InChI is InChI=1S/C16H21N3O2/c1-16(2,3)13-9-14(17)19-15(18-13)11-7-6-10(20-4)8-12(11)21-5/h6-9H,1-5H3,(H2,17,18,19). The van der Waals surface area contributed by atoms with Gasteiger partial charge in [0, 0.05) is 17.5 Å². The van der Waals surface area contributed by atoms with E-state index in [1.165, 1.54) is 0 Å². The number of nitrogens with two attached hydrogens (primary N) is 1. The highest BCUT2D eigenvalue weighted by Gasteiger charge is 2.19. The fourth-order valence-electron chi connectivity index (χ4n) is 1.95. The molecule has 2 aromatic rings. The molecule has 2 N–H and O–H groups in total. The molecule has 1 heterocycles. The van der Waals surface area contributed by atoms with Crippen LogP contribution in [0, 0.1) is 0 Å². The summed E-state index contributed by atoms with van der Waals surface area (Å²) >= 11 is 0. The lowest BCUT2D eigenvalue weighted by Gasteiger charge is -2.19. The van der Waals surface area contributed by atoms with E-state index in [1.54, 1.807) is 26.4 Å². The second kappa shape index (κ2) is 5.60. The van der Waals surface area contributed by atoms with Crippen molar-refractivity contribution in [1.29, 1.82) is 0 Å². The predicted molar refractivity (Wildman–Crippen MR) is 83.7 cm³/mol. The Bertz CT molecular complexity index is 648. The van der Waals surface area contributed by atoms with Crippen LogP contribution in [-0.2, 0) is 5.41 Å². The average molecular weight is 287 g/mol. The lowest BCUT2D eigenvalue weighted by atomic mass is 9.92. The van der Waals surface area contributed by atoms with Gasteiger partial charge in [0.2, 0.25) is 0 Å². The molecule has 5 nitrogen and oxygen atoms in total. The van der Waals surface area contributed by atoms with Gasteiger partial charge in [-0.25, -0.2) is 9.97 Å². The number of aromatic nitrogens is 2. The number of anilines is 1. The highest BCUT2D eigenvalue weighted by atomic mass is 16.5. The van der Waals surface area contributed by atoms with Crippen molar-refractivity contribution in [3.63, 3.8) is 0 Å². The summed E-state index contributed by atoms with van der Waals surface area (Å²) in [4.78, 5) is 8.95. The molecule has 0 aliphatic heterocycles. The Balaban J connectivity index is 2.59. The fraction of sp³-hybridized carbons (Fsp3) is 0.375. The minimum atomic E-state index is -0.106. The Kier molecular flexibility index (Phi) is 4.02. The number of nitrogen functional groups attached to an aromatic ring is 1. The first-order valence-electron chi connectivity index (χ1n) is 6.72. The van der Waals surface area contributed by atoms with Crippen LogP contribution in [0.25, 0.3) is 11.4 Å². The van der Waals surface area contributed by atoms with E-state index in [0.717, 1.165) is 17.0 Å². The van der Waals surface area contributed by atoms with Gasteiger partial charge in [-0.2, -0.15) is 0 Å². The first-order valence-corrected chi connectivity index (χ1v) is 6.72. The molecule has 0 saturated carbocycles. The summed E-state index contributed by atoms with van der Waals surface area (Å²) in [5, 5.41) is 0. The Morgan fingerprint density at radius 2 is 1.71 bits per heavy atom. The van der Waals surface area contributed by atoms with Crippen LogP contribution in [0.5, 0.6) is 11.5 Å². The molecule has 0 saturated heterocycles. The summed E-state index contributed by atoms with van der Waals surface area (Å²) in [5.41, 5.74) is 7.50. The third-order valence-corrected chi connectivity index (χ3v) is 3.16. The summed E-state index contributed by atoms with van der Waals surface area (Å²) in [7, 11) is 3.22. The van der Waals surface area contributed by atoms with Crippen molar-refractivity contribution in [3.8, 4) is 22.9 Å². The summed E-state index contributed by atoms with van der Waals surface area (Å²) in [6.07, 6.45) is 0. The van der Waals surface area contributed by atoms with Gasteiger partial charge in [0.15, 0.2) is 5.82 Å². The van der Waals surface area contributed by atoms with Crippen LogP contribution in [0.1, 0.15) is 26.5 Å². The molecule has 112 valence electrons. The predicted octanol–water partition coefficient (Wildman–Crippen LogP) is 3.04. The zero-order valence-electron chi connectivity index (χ0n) is 13.1. The molecule has 0 bridgehead atoms. The van der Waals surface area contributed by atoms with Gasteiger partial charge in [0.25, 0.3) is 0 Å². The maximum absolute atomic E-state index is 5.92. The third-order valence-electron chi connectivity index (χ3n) is 3.16. The van der Waals surface area contributed by atoms with E-state index in [0.29, 0.717) is 17.4 Å². The molecule has 1 aromatic heterocycles. The summed E-state index contributed by atoms with van der Waals surface area (Å²) in [5.74, 6) is 2.37. The minimum Gasteiger partial charge on any atom is -0.497 e. The summed E-state index contributed by atoms with van der Waals surface area (Å²) < 4.78 is 10.6. The molecule has 0 spiro atoms. The second-order valence-corrected chi connectivity index (χ2v) is 5.82. The molecule has 0 amide bonds. The van der Waals surface area contributed by atoms with Gasteiger partial charge < -0.3 is 15.2 Å². The molecule has 0 aliphatic rings. The SMILES string of the molecule is COc1ccc(-c2nc(N)cc(C(C)(C)C)n2)c(OC)c1. The molecule has 21 heavy (non-hydrogen) atoms. The number of methoxy groups -OCH3 is 2. The Labute approximate surface area is 125 Å². The molecule has 0 radical (unpaired) electrons. The van der Waals surface area contributed by atoms with Crippen LogP contribution >= 0.6 is 0 Å². The highest BCUT2D eigenvalue weighted by Crippen LogP contribution is 2.33. The molecule has 1 aromatic carbocycles. The molecule has 5 heteroatoms. The summed E-state index contributed by atoms with van der Waals surface area (Å²) in [6.45, 7) is 6.26. The molecular formula is C16H21N3O2. The van der Waals surface area contributed by atoms with Crippen LogP contribution in [0.2, 0.25) is 0 Å². The van der Waals surface area contributed by atoms with Gasteiger partial charge in [0.1, 0.15) is 17.3 Å². The second-order valence-electron chi connectivity index (χ2n) is 5.82. The first-order chi connectivity index (χ1) is 9.85. The topological polar surface area (TPSA) is 70.3 Å². The monoisotopic (exact) mass is 287 g/mol.